The molecule has 0 aromatic heterocycles. The van der Waals surface area contributed by atoms with Gasteiger partial charge in [0.15, 0.2) is 0 Å². The highest BCUT2D eigenvalue weighted by atomic mass is 16.5. The van der Waals surface area contributed by atoms with Gasteiger partial charge in [-0.3, -0.25) is 14.5 Å². The molecule has 0 aromatic rings. The number of carbonyl (C=O) groups is 2. The predicted octanol–water partition coefficient (Wildman–Crippen LogP) is 1.46. The number of nitrogens with zero attached hydrogens (tertiary/aromatic N) is 1. The second kappa shape index (κ2) is 7.18. The number of rotatable bonds is 5. The van der Waals surface area contributed by atoms with Gasteiger partial charge in [-0.05, 0) is 19.8 Å². The molecule has 1 heterocycles. The lowest BCUT2D eigenvalue weighted by molar-refractivity contribution is -0.141. The van der Waals surface area contributed by atoms with Crippen molar-refractivity contribution < 1.29 is 14.3 Å². The first kappa shape index (κ1) is 15.4. The molecule has 114 valence electrons. The number of amides is 2. The van der Waals surface area contributed by atoms with Gasteiger partial charge < -0.3 is 10.1 Å². The fourth-order valence-electron chi connectivity index (χ4n) is 3.10. The SMILES string of the molecule is COC(C)CNC1CC(=O)N(C2CCCCCC2)C1=O. The lowest BCUT2D eigenvalue weighted by Crippen LogP contribution is -2.45. The van der Waals surface area contributed by atoms with Gasteiger partial charge in [-0.15, -0.1) is 0 Å². The Morgan fingerprint density at radius 2 is 1.90 bits per heavy atom. The second-order valence-electron chi connectivity index (χ2n) is 5.96. The zero-order chi connectivity index (χ0) is 14.5. The Labute approximate surface area is 121 Å². The lowest BCUT2D eigenvalue weighted by Gasteiger charge is -2.25. The Balaban J connectivity index is 1.93. The van der Waals surface area contributed by atoms with E-state index in [1.807, 2.05) is 6.92 Å². The van der Waals surface area contributed by atoms with E-state index in [1.54, 1.807) is 12.0 Å². The summed E-state index contributed by atoms with van der Waals surface area (Å²) in [5, 5.41) is 3.16. The van der Waals surface area contributed by atoms with Crippen molar-refractivity contribution >= 4 is 11.8 Å². The van der Waals surface area contributed by atoms with Crippen molar-refractivity contribution in [2.45, 2.75) is 70.1 Å². The maximum Gasteiger partial charge on any atom is 0.247 e. The third kappa shape index (κ3) is 3.58. The van der Waals surface area contributed by atoms with Crippen LogP contribution in [0.25, 0.3) is 0 Å². The van der Waals surface area contributed by atoms with Crippen LogP contribution >= 0.6 is 0 Å². The minimum absolute atomic E-state index is 0.00975. The van der Waals surface area contributed by atoms with Gasteiger partial charge in [0, 0.05) is 19.7 Å². The molecule has 5 nitrogen and oxygen atoms in total. The van der Waals surface area contributed by atoms with E-state index in [9.17, 15) is 9.59 Å². The first-order valence-electron chi connectivity index (χ1n) is 7.75. The molecule has 5 heteroatoms. The van der Waals surface area contributed by atoms with Crippen molar-refractivity contribution in [2.75, 3.05) is 13.7 Å². The van der Waals surface area contributed by atoms with E-state index < -0.39 is 0 Å². The fourth-order valence-corrected chi connectivity index (χ4v) is 3.10. The molecule has 1 saturated heterocycles. The summed E-state index contributed by atoms with van der Waals surface area (Å²) in [5.74, 6) is -0.0466. The maximum atomic E-state index is 12.4. The molecule has 2 fully saturated rings. The van der Waals surface area contributed by atoms with E-state index in [0.717, 1.165) is 25.7 Å². The average Bonchev–Trinajstić information content (AvgIpc) is 2.64. The lowest BCUT2D eigenvalue weighted by atomic mass is 10.1. The third-order valence-corrected chi connectivity index (χ3v) is 4.43. The van der Waals surface area contributed by atoms with Crippen LogP contribution in [-0.4, -0.2) is 48.6 Å². The zero-order valence-electron chi connectivity index (χ0n) is 12.6. The molecule has 0 bridgehead atoms. The van der Waals surface area contributed by atoms with E-state index in [4.69, 9.17) is 4.74 Å². The third-order valence-electron chi connectivity index (χ3n) is 4.43. The van der Waals surface area contributed by atoms with Gasteiger partial charge in [0.25, 0.3) is 0 Å². The van der Waals surface area contributed by atoms with Gasteiger partial charge in [0.05, 0.1) is 18.6 Å². The van der Waals surface area contributed by atoms with Crippen molar-refractivity contribution in [2.24, 2.45) is 0 Å². The molecule has 2 amide bonds. The molecule has 0 aromatic carbocycles. The van der Waals surface area contributed by atoms with Crippen molar-refractivity contribution in [1.82, 2.24) is 10.2 Å². The van der Waals surface area contributed by atoms with E-state index in [-0.39, 0.29) is 30.0 Å². The Morgan fingerprint density at radius 3 is 2.50 bits per heavy atom. The molecule has 20 heavy (non-hydrogen) atoms. The van der Waals surface area contributed by atoms with Crippen molar-refractivity contribution in [3.63, 3.8) is 0 Å². The number of hydrogen-bond donors (Lipinski definition) is 1. The number of likely N-dealkylation sites (tertiary alicyclic amines) is 1. The number of ether oxygens (including phenoxy) is 1. The van der Waals surface area contributed by atoms with Crippen LogP contribution in [0.15, 0.2) is 0 Å². The monoisotopic (exact) mass is 282 g/mol. The van der Waals surface area contributed by atoms with Crippen LogP contribution in [0.1, 0.15) is 51.9 Å². The average molecular weight is 282 g/mol. The van der Waals surface area contributed by atoms with Gasteiger partial charge in [-0.1, -0.05) is 25.7 Å². The topological polar surface area (TPSA) is 58.6 Å². The summed E-state index contributed by atoms with van der Waals surface area (Å²) in [4.78, 5) is 26.1. The fraction of sp³-hybridized carbons (Fsp3) is 0.867. The van der Waals surface area contributed by atoms with Crippen LogP contribution in [0, 0.1) is 0 Å². The second-order valence-corrected chi connectivity index (χ2v) is 5.96. The number of carbonyl (C=O) groups excluding carboxylic acids is 2. The first-order chi connectivity index (χ1) is 9.63. The molecule has 0 spiro atoms. The Kier molecular flexibility index (Phi) is 5.54. The normalized spacial score (nSPS) is 26.9. The number of methoxy groups -OCH3 is 1. The molecule has 1 N–H and O–H groups in total. The summed E-state index contributed by atoms with van der Waals surface area (Å²) in [6.07, 6.45) is 6.98. The van der Waals surface area contributed by atoms with Gasteiger partial charge in [-0.25, -0.2) is 0 Å². The molecule has 1 aliphatic carbocycles. The molecule has 0 radical (unpaired) electrons. The maximum absolute atomic E-state index is 12.4. The van der Waals surface area contributed by atoms with Gasteiger partial charge in [0.2, 0.25) is 11.8 Å². The molecule has 2 rings (SSSR count). The van der Waals surface area contributed by atoms with E-state index in [0.29, 0.717) is 13.0 Å². The molecule has 1 saturated carbocycles. The summed E-state index contributed by atoms with van der Waals surface area (Å²) in [6, 6.07) is -0.229. The Bertz CT molecular complexity index is 351. The van der Waals surface area contributed by atoms with E-state index >= 15 is 0 Å². The highest BCUT2D eigenvalue weighted by Crippen LogP contribution is 2.26. The van der Waals surface area contributed by atoms with Crippen LogP contribution in [0.3, 0.4) is 0 Å². The summed E-state index contributed by atoms with van der Waals surface area (Å²) < 4.78 is 5.16. The number of hydrogen-bond acceptors (Lipinski definition) is 4. The van der Waals surface area contributed by atoms with Crippen molar-refractivity contribution in [1.29, 1.82) is 0 Å². The molecule has 2 aliphatic rings. The molecule has 2 atom stereocenters. The molecular weight excluding hydrogens is 256 g/mol. The standard InChI is InChI=1S/C15H26N2O3/c1-11(20-2)10-16-13-9-14(18)17(15(13)19)12-7-5-3-4-6-8-12/h11-13,16H,3-10H2,1-2H3. The molecular formula is C15H26N2O3. The van der Waals surface area contributed by atoms with Crippen molar-refractivity contribution in [3.8, 4) is 0 Å². The Hall–Kier alpha value is -0.940. The first-order valence-corrected chi connectivity index (χ1v) is 7.75. The largest absolute Gasteiger partial charge is 0.380 e. The zero-order valence-corrected chi connectivity index (χ0v) is 12.6. The van der Waals surface area contributed by atoms with Crippen LogP contribution < -0.4 is 5.32 Å². The molecule has 2 unspecified atom stereocenters. The van der Waals surface area contributed by atoms with Crippen LogP contribution in [0.4, 0.5) is 0 Å². The summed E-state index contributed by atoms with van der Waals surface area (Å²) >= 11 is 0. The Morgan fingerprint density at radius 1 is 1.25 bits per heavy atom. The van der Waals surface area contributed by atoms with Crippen molar-refractivity contribution in [3.05, 3.63) is 0 Å². The van der Waals surface area contributed by atoms with Gasteiger partial charge in [0.1, 0.15) is 0 Å². The molecule has 1 aliphatic heterocycles. The minimum Gasteiger partial charge on any atom is -0.380 e. The summed E-state index contributed by atoms with van der Waals surface area (Å²) in [6.45, 7) is 2.54. The van der Waals surface area contributed by atoms with E-state index in [2.05, 4.69) is 5.32 Å². The van der Waals surface area contributed by atoms with Gasteiger partial charge >= 0.3 is 0 Å². The van der Waals surface area contributed by atoms with Crippen LogP contribution in [0.2, 0.25) is 0 Å². The van der Waals surface area contributed by atoms with Crippen LogP contribution in [0.5, 0.6) is 0 Å². The quantitative estimate of drug-likeness (QED) is 0.612. The minimum atomic E-state index is -0.358. The van der Waals surface area contributed by atoms with Crippen LogP contribution in [-0.2, 0) is 14.3 Å². The predicted molar refractivity (Wildman–Crippen MR) is 76.2 cm³/mol. The number of imide groups is 1. The van der Waals surface area contributed by atoms with Gasteiger partial charge in [-0.2, -0.15) is 0 Å². The summed E-state index contributed by atoms with van der Waals surface area (Å²) in [7, 11) is 1.64. The highest BCUT2D eigenvalue weighted by Gasteiger charge is 2.41. The van der Waals surface area contributed by atoms with E-state index in [1.165, 1.54) is 12.8 Å². The highest BCUT2D eigenvalue weighted by molar-refractivity contribution is 6.05. The summed E-state index contributed by atoms with van der Waals surface area (Å²) in [5.41, 5.74) is 0. The smallest absolute Gasteiger partial charge is 0.247 e. The number of nitrogens with one attached hydrogen (secondary N) is 1.